The molecule has 4 rings (SSSR count). The Kier molecular flexibility index (Phi) is 4.08. The fourth-order valence-corrected chi connectivity index (χ4v) is 4.62. The maximum Gasteiger partial charge on any atom is 0.261 e. The summed E-state index contributed by atoms with van der Waals surface area (Å²) >= 11 is 1.73. The van der Waals surface area contributed by atoms with Gasteiger partial charge in [0.1, 0.15) is 5.75 Å². The molecular weight excluding hydrogens is 306 g/mol. The third-order valence-corrected chi connectivity index (χ3v) is 5.91. The minimum Gasteiger partial charge on any atom is -0.480 e. The molecule has 1 aliphatic heterocycles. The summed E-state index contributed by atoms with van der Waals surface area (Å²) < 4.78 is 5.84. The molecule has 2 atom stereocenters. The van der Waals surface area contributed by atoms with Gasteiger partial charge in [0, 0.05) is 11.3 Å². The van der Waals surface area contributed by atoms with E-state index in [1.54, 1.807) is 11.3 Å². The van der Waals surface area contributed by atoms with Gasteiger partial charge >= 0.3 is 0 Å². The van der Waals surface area contributed by atoms with Crippen LogP contribution in [0.1, 0.15) is 42.2 Å². The molecule has 0 spiro atoms. The van der Waals surface area contributed by atoms with Crippen molar-refractivity contribution in [2.45, 2.75) is 44.2 Å². The summed E-state index contributed by atoms with van der Waals surface area (Å²) in [5.41, 5.74) is 1.13. The van der Waals surface area contributed by atoms with Gasteiger partial charge in [0.05, 0.1) is 6.04 Å². The lowest BCUT2D eigenvalue weighted by molar-refractivity contribution is -0.128. The molecule has 1 fully saturated rings. The van der Waals surface area contributed by atoms with Gasteiger partial charge in [0.15, 0.2) is 6.10 Å². The van der Waals surface area contributed by atoms with Crippen LogP contribution in [0, 0.1) is 5.92 Å². The molecule has 120 valence electrons. The van der Waals surface area contributed by atoms with E-state index in [0.717, 1.165) is 11.3 Å². The lowest BCUT2D eigenvalue weighted by atomic mass is 9.96. The number of nitrogens with one attached hydrogen (secondary N) is 1. The van der Waals surface area contributed by atoms with Crippen LogP contribution < -0.4 is 10.1 Å². The number of hydrogen-bond donors (Lipinski definition) is 1. The first-order valence-corrected chi connectivity index (χ1v) is 9.27. The molecule has 1 aliphatic carbocycles. The normalized spacial score (nSPS) is 21.7. The summed E-state index contributed by atoms with van der Waals surface area (Å²) in [5.74, 6) is 1.43. The smallest absolute Gasteiger partial charge is 0.261 e. The summed E-state index contributed by atoms with van der Waals surface area (Å²) in [5, 5.41) is 5.37. The summed E-state index contributed by atoms with van der Waals surface area (Å²) in [6.07, 6.45) is 5.23. The van der Waals surface area contributed by atoms with Crippen molar-refractivity contribution in [1.29, 1.82) is 0 Å². The highest BCUT2D eigenvalue weighted by atomic mass is 32.1. The minimum absolute atomic E-state index is 0.0199. The van der Waals surface area contributed by atoms with Crippen LogP contribution in [-0.2, 0) is 11.2 Å². The van der Waals surface area contributed by atoms with E-state index >= 15 is 0 Å². The Morgan fingerprint density at radius 3 is 2.74 bits per heavy atom. The first kappa shape index (κ1) is 14.8. The van der Waals surface area contributed by atoms with E-state index in [-0.39, 0.29) is 11.9 Å². The number of hydrogen-bond acceptors (Lipinski definition) is 3. The zero-order valence-electron chi connectivity index (χ0n) is 13.0. The molecule has 1 aromatic carbocycles. The third-order valence-electron chi connectivity index (χ3n) is 4.96. The van der Waals surface area contributed by atoms with E-state index in [4.69, 9.17) is 4.74 Å². The molecule has 0 radical (unpaired) electrons. The molecule has 2 heterocycles. The maximum absolute atomic E-state index is 12.7. The average molecular weight is 327 g/mol. The van der Waals surface area contributed by atoms with Crippen molar-refractivity contribution in [2.24, 2.45) is 5.92 Å². The predicted molar refractivity (Wildman–Crippen MR) is 91.7 cm³/mol. The van der Waals surface area contributed by atoms with Gasteiger partial charge in [-0.05, 0) is 41.8 Å². The summed E-state index contributed by atoms with van der Waals surface area (Å²) in [6.45, 7) is 0. The van der Waals surface area contributed by atoms with Crippen molar-refractivity contribution >= 4 is 17.2 Å². The van der Waals surface area contributed by atoms with E-state index in [2.05, 4.69) is 22.8 Å². The number of fused-ring (bicyclic) bond motifs is 1. The lowest BCUT2D eigenvalue weighted by Crippen LogP contribution is -2.41. The highest BCUT2D eigenvalue weighted by Gasteiger charge is 2.33. The monoisotopic (exact) mass is 327 g/mol. The predicted octanol–water partition coefficient (Wildman–Crippen LogP) is 4.10. The summed E-state index contributed by atoms with van der Waals surface area (Å²) in [7, 11) is 0. The molecule has 1 N–H and O–H groups in total. The highest BCUT2D eigenvalue weighted by molar-refractivity contribution is 7.10. The van der Waals surface area contributed by atoms with Crippen molar-refractivity contribution < 1.29 is 9.53 Å². The number of benzene rings is 1. The molecule has 1 aromatic heterocycles. The van der Waals surface area contributed by atoms with E-state index in [1.165, 1.54) is 30.6 Å². The van der Waals surface area contributed by atoms with Crippen molar-refractivity contribution in [1.82, 2.24) is 5.32 Å². The molecule has 0 bridgehead atoms. The molecule has 2 aromatic rings. The number of ether oxygens (including phenoxy) is 1. The van der Waals surface area contributed by atoms with E-state index < -0.39 is 6.10 Å². The fraction of sp³-hybridized carbons (Fsp3) is 0.421. The highest BCUT2D eigenvalue weighted by Crippen LogP contribution is 2.38. The van der Waals surface area contributed by atoms with E-state index in [1.807, 2.05) is 24.3 Å². The minimum atomic E-state index is -0.392. The molecule has 0 saturated heterocycles. The van der Waals surface area contributed by atoms with Crippen molar-refractivity contribution in [3.8, 4) is 5.75 Å². The van der Waals surface area contributed by atoms with Gasteiger partial charge in [-0.1, -0.05) is 37.1 Å². The standard InChI is InChI=1S/C19H21NO2S/c21-19(16-12-14-8-3-4-9-15(14)22-16)20-18(13-6-1-2-7-13)17-10-5-11-23-17/h3-5,8-11,13,16,18H,1-2,6-7,12H2,(H,20,21). The first-order valence-electron chi connectivity index (χ1n) is 8.39. The molecule has 2 aliphatic rings. The van der Waals surface area contributed by atoms with Gasteiger partial charge in [0.25, 0.3) is 5.91 Å². The summed E-state index contributed by atoms with van der Waals surface area (Å²) in [4.78, 5) is 14.0. The Bertz CT molecular complexity index is 651. The molecule has 1 amide bonds. The molecule has 1 saturated carbocycles. The van der Waals surface area contributed by atoms with Crippen LogP contribution in [0.5, 0.6) is 5.75 Å². The second-order valence-electron chi connectivity index (χ2n) is 6.46. The molecule has 3 nitrogen and oxygen atoms in total. The van der Waals surface area contributed by atoms with Gasteiger partial charge in [-0.15, -0.1) is 11.3 Å². The Morgan fingerprint density at radius 2 is 2.00 bits per heavy atom. The number of para-hydroxylation sites is 1. The Labute approximate surface area is 140 Å². The van der Waals surface area contributed by atoms with E-state index in [0.29, 0.717) is 12.3 Å². The number of carbonyl (C=O) groups is 1. The van der Waals surface area contributed by atoms with Gasteiger partial charge in [-0.2, -0.15) is 0 Å². The van der Waals surface area contributed by atoms with Crippen LogP contribution in [-0.4, -0.2) is 12.0 Å². The van der Waals surface area contributed by atoms with Crippen molar-refractivity contribution in [2.75, 3.05) is 0 Å². The second-order valence-corrected chi connectivity index (χ2v) is 7.44. The zero-order valence-corrected chi connectivity index (χ0v) is 13.9. The third kappa shape index (κ3) is 3.00. The van der Waals surface area contributed by atoms with Gasteiger partial charge in [-0.25, -0.2) is 0 Å². The quantitative estimate of drug-likeness (QED) is 0.918. The van der Waals surface area contributed by atoms with E-state index in [9.17, 15) is 4.79 Å². The molecule has 4 heteroatoms. The Morgan fingerprint density at radius 1 is 1.17 bits per heavy atom. The van der Waals surface area contributed by atoms with Crippen molar-refractivity contribution in [3.63, 3.8) is 0 Å². The largest absolute Gasteiger partial charge is 0.480 e. The topological polar surface area (TPSA) is 38.3 Å². The van der Waals surface area contributed by atoms with Gasteiger partial charge < -0.3 is 10.1 Å². The van der Waals surface area contributed by atoms with Gasteiger partial charge in [0.2, 0.25) is 0 Å². The fourth-order valence-electron chi connectivity index (χ4n) is 3.75. The first-order chi connectivity index (χ1) is 11.3. The zero-order chi connectivity index (χ0) is 15.6. The number of rotatable bonds is 4. The van der Waals surface area contributed by atoms with Crippen LogP contribution in [0.15, 0.2) is 41.8 Å². The SMILES string of the molecule is O=C(NC(c1cccs1)C1CCCC1)C1Cc2ccccc2O1. The van der Waals surface area contributed by atoms with Crippen LogP contribution in [0.4, 0.5) is 0 Å². The van der Waals surface area contributed by atoms with Crippen molar-refractivity contribution in [3.05, 3.63) is 52.2 Å². The lowest BCUT2D eigenvalue weighted by Gasteiger charge is -2.25. The Balaban J connectivity index is 1.48. The molecule has 23 heavy (non-hydrogen) atoms. The van der Waals surface area contributed by atoms with Gasteiger partial charge in [-0.3, -0.25) is 4.79 Å². The molecular formula is C19H21NO2S. The second kappa shape index (κ2) is 6.36. The Hall–Kier alpha value is -1.81. The van der Waals surface area contributed by atoms with Crippen LogP contribution >= 0.6 is 11.3 Å². The average Bonchev–Trinajstić information content (AvgIpc) is 3.33. The molecule has 2 unspecified atom stereocenters. The summed E-state index contributed by atoms with van der Waals surface area (Å²) in [6, 6.07) is 12.3. The maximum atomic E-state index is 12.7. The number of carbonyl (C=O) groups excluding carboxylic acids is 1. The van der Waals surface area contributed by atoms with Crippen LogP contribution in [0.3, 0.4) is 0 Å². The number of thiophene rings is 1. The number of amides is 1. The van der Waals surface area contributed by atoms with Crippen LogP contribution in [0.2, 0.25) is 0 Å². The van der Waals surface area contributed by atoms with Crippen LogP contribution in [0.25, 0.3) is 0 Å².